The van der Waals surface area contributed by atoms with E-state index in [9.17, 15) is 30.0 Å². The van der Waals surface area contributed by atoms with Gasteiger partial charge in [0.25, 0.3) is 0 Å². The Labute approximate surface area is 469 Å². The number of β-amino-alcohol motifs (C(OH)–C–C–N with tert-alkyl or cyclic N) is 2. The Balaban J connectivity index is 0.000000182. The summed E-state index contributed by atoms with van der Waals surface area (Å²) in [6, 6.07) is 50.5. The molecule has 0 spiro atoms. The molecule has 15 nitrogen and oxygen atoms in total. The third-order valence-electron chi connectivity index (χ3n) is 15.7. The quantitative estimate of drug-likeness (QED) is 0.0849. The number of urea groups is 2. The molecule has 4 amide bonds. The fourth-order valence-electron chi connectivity index (χ4n) is 11.1. The van der Waals surface area contributed by atoms with Gasteiger partial charge in [-0.3, -0.25) is 9.80 Å². The van der Waals surface area contributed by atoms with E-state index in [0.29, 0.717) is 49.4 Å². The molecule has 414 valence electrons. The second kappa shape index (κ2) is 25.6. The summed E-state index contributed by atoms with van der Waals surface area (Å²) in [5.41, 5.74) is 7.49. The molecule has 5 fully saturated rings. The molecular formula is C65H71N7O8. The fraction of sp³-hybridized carbons (Fsp3) is 0.354. The van der Waals surface area contributed by atoms with Gasteiger partial charge < -0.3 is 55.2 Å². The van der Waals surface area contributed by atoms with E-state index in [-0.39, 0.29) is 55.1 Å². The second-order valence-corrected chi connectivity index (χ2v) is 21.7. The van der Waals surface area contributed by atoms with Gasteiger partial charge in [-0.25, -0.2) is 9.59 Å². The van der Waals surface area contributed by atoms with Crippen LogP contribution in [0.5, 0.6) is 11.5 Å². The van der Waals surface area contributed by atoms with Crippen LogP contribution < -0.4 is 20.1 Å². The second-order valence-electron chi connectivity index (χ2n) is 21.7. The maximum atomic E-state index is 13.5. The molecule has 0 bridgehead atoms. The molecular weight excluding hydrogens is 1010 g/mol. The van der Waals surface area contributed by atoms with Gasteiger partial charge in [-0.15, -0.1) is 0 Å². The number of methoxy groups -OCH3 is 1. The normalized spacial score (nSPS) is 24.5. The average Bonchev–Trinajstić information content (AvgIpc) is 4.42. The number of fused-ring (bicyclic) bond motifs is 2. The Morgan fingerprint density at radius 2 is 0.975 bits per heavy atom. The zero-order chi connectivity index (χ0) is 55.7. The van der Waals surface area contributed by atoms with Crippen LogP contribution >= 0.6 is 0 Å². The summed E-state index contributed by atoms with van der Waals surface area (Å²) in [6.45, 7) is 3.30. The van der Waals surface area contributed by atoms with E-state index in [0.717, 1.165) is 53.9 Å². The third-order valence-corrected chi connectivity index (χ3v) is 15.7. The first-order valence-electron chi connectivity index (χ1n) is 27.6. The molecule has 6 N–H and O–H groups in total. The van der Waals surface area contributed by atoms with Crippen molar-refractivity contribution in [3.63, 3.8) is 0 Å². The molecule has 1 saturated carbocycles. The first-order chi connectivity index (χ1) is 38.8. The summed E-state index contributed by atoms with van der Waals surface area (Å²) in [7, 11) is 5.68. The van der Waals surface area contributed by atoms with Gasteiger partial charge in [-0.2, -0.15) is 0 Å². The number of ether oxygens (including phenoxy) is 2. The minimum atomic E-state index is -1.04. The predicted octanol–water partition coefficient (Wildman–Crippen LogP) is 6.73. The molecule has 0 aromatic heterocycles. The van der Waals surface area contributed by atoms with Gasteiger partial charge >= 0.3 is 12.1 Å². The van der Waals surface area contributed by atoms with E-state index in [4.69, 9.17) is 9.47 Å². The standard InChI is InChI=1S/C35H40N4O4.C30H31N3O4/c1-37(2)20-30-34(26-12-10-25(11-13-26)9-8-24-6-4-3-5-7-24)31-21-38(22-32(40)33(41)23-39(30)31)35(42)36-27-14-16-28(17-15-27)43-29-18-19-29;1-37-25-15-13-24(14-16-25)31-30(36)33-18-27-26(17-32(27)19-28(34)29(35)20-33)23-11-9-22(10-12-23)8-7-21-5-3-2-4-6-21/h3-7,10-17,29-34,40-41H,18-23H2,1-2H3,(H,36,42);2-6,9-16,26-29,34-35H,17-20H2,1H3,(H,31,36)/t30-,31+,32+,33-,34+;26-,27+,28-,29+/m11/s1. The van der Waals surface area contributed by atoms with Crippen LogP contribution in [0.25, 0.3) is 0 Å². The van der Waals surface area contributed by atoms with Crippen LogP contribution in [-0.2, 0) is 0 Å². The number of nitrogens with one attached hydrogen (secondary N) is 2. The van der Waals surface area contributed by atoms with Crippen molar-refractivity contribution in [2.75, 3.05) is 84.2 Å². The fourth-order valence-corrected chi connectivity index (χ4v) is 11.1. The molecule has 4 saturated heterocycles. The van der Waals surface area contributed by atoms with Crippen LogP contribution in [0.3, 0.4) is 0 Å². The first-order valence-corrected chi connectivity index (χ1v) is 27.6. The number of amides is 4. The van der Waals surface area contributed by atoms with Gasteiger partial charge in [0.1, 0.15) is 11.5 Å². The van der Waals surface area contributed by atoms with Crippen molar-refractivity contribution < 1.29 is 39.5 Å². The number of hydrogen-bond acceptors (Lipinski definition) is 11. The lowest BCUT2D eigenvalue weighted by Crippen LogP contribution is -2.71. The van der Waals surface area contributed by atoms with Crippen molar-refractivity contribution in [1.29, 1.82) is 0 Å². The van der Waals surface area contributed by atoms with Crippen molar-refractivity contribution in [1.82, 2.24) is 24.5 Å². The Morgan fingerprint density at radius 1 is 0.525 bits per heavy atom. The summed E-state index contributed by atoms with van der Waals surface area (Å²) in [5.74, 6) is 14.7. The number of rotatable bonds is 9. The highest BCUT2D eigenvalue weighted by Crippen LogP contribution is 2.43. The van der Waals surface area contributed by atoms with E-state index >= 15 is 0 Å². The number of aliphatic hydroxyl groups is 4. The molecule has 5 aliphatic rings. The number of nitrogens with zero attached hydrogens (tertiary/aromatic N) is 5. The molecule has 15 heteroatoms. The average molecular weight is 1080 g/mol. The number of hydrogen-bond donors (Lipinski definition) is 6. The maximum absolute atomic E-state index is 13.5. The summed E-state index contributed by atoms with van der Waals surface area (Å²) in [6.07, 6.45) is -1.45. The molecule has 9 atom stereocenters. The van der Waals surface area contributed by atoms with Gasteiger partial charge in [0.2, 0.25) is 0 Å². The lowest BCUT2D eigenvalue weighted by Gasteiger charge is -2.59. The maximum Gasteiger partial charge on any atom is 0.321 e. The lowest BCUT2D eigenvalue weighted by atomic mass is 9.73. The highest BCUT2D eigenvalue weighted by molar-refractivity contribution is 5.90. The van der Waals surface area contributed by atoms with Gasteiger partial charge in [0.15, 0.2) is 0 Å². The van der Waals surface area contributed by atoms with E-state index in [2.05, 4.69) is 85.4 Å². The molecule has 0 radical (unpaired) electrons. The summed E-state index contributed by atoms with van der Waals surface area (Å²) in [4.78, 5) is 36.5. The number of anilines is 2. The van der Waals surface area contributed by atoms with Crippen LogP contribution in [0.1, 0.15) is 58.1 Å². The van der Waals surface area contributed by atoms with E-state index in [1.165, 1.54) is 11.1 Å². The number of carbonyl (C=O) groups is 2. The Hall–Kier alpha value is -7.70. The minimum Gasteiger partial charge on any atom is -0.497 e. The summed E-state index contributed by atoms with van der Waals surface area (Å²) >= 11 is 0. The van der Waals surface area contributed by atoms with Crippen molar-refractivity contribution >= 4 is 23.4 Å². The van der Waals surface area contributed by atoms with Crippen molar-refractivity contribution in [2.24, 2.45) is 0 Å². The molecule has 80 heavy (non-hydrogen) atoms. The van der Waals surface area contributed by atoms with Gasteiger partial charge in [-0.05, 0) is 135 Å². The van der Waals surface area contributed by atoms with E-state index < -0.39 is 24.4 Å². The summed E-state index contributed by atoms with van der Waals surface area (Å²) < 4.78 is 11.0. The highest BCUT2D eigenvalue weighted by atomic mass is 16.5. The molecule has 1 aliphatic carbocycles. The number of carbonyl (C=O) groups excluding carboxylic acids is 2. The number of benzene rings is 6. The molecule has 6 aromatic rings. The SMILES string of the molecule is CN(C)C[C@@H]1[C@H](c2ccc(C#Cc3ccccc3)cc2)[C@@H]2CN(C(=O)Nc3ccc(OC4CC4)cc3)C[C@H](O)[C@H](O)CN12.COc1ccc(NC(=O)N2C[C@H](O)[C@H](O)CN3C[C@H](c4ccc(C#Cc5ccccc5)cc4)[C@@H]3C2)cc1. The predicted molar refractivity (Wildman–Crippen MR) is 310 cm³/mol. The third kappa shape index (κ3) is 14.0. The van der Waals surface area contributed by atoms with Gasteiger partial charge in [0, 0.05) is 103 Å². The molecule has 0 unspecified atom stereocenters. The smallest absolute Gasteiger partial charge is 0.321 e. The molecule has 4 aliphatic heterocycles. The lowest BCUT2D eigenvalue weighted by molar-refractivity contribution is -0.105. The van der Waals surface area contributed by atoms with E-state index in [1.807, 2.05) is 111 Å². The zero-order valence-corrected chi connectivity index (χ0v) is 45.5. The van der Waals surface area contributed by atoms with Gasteiger partial charge in [0.05, 0.1) is 50.7 Å². The van der Waals surface area contributed by atoms with Crippen molar-refractivity contribution in [2.45, 2.75) is 73.3 Å². The Morgan fingerprint density at radius 3 is 1.46 bits per heavy atom. The van der Waals surface area contributed by atoms with Crippen LogP contribution in [0, 0.1) is 23.7 Å². The van der Waals surface area contributed by atoms with Crippen molar-refractivity contribution in [3.8, 4) is 35.2 Å². The number of likely N-dealkylation sites (N-methyl/N-ethyl adjacent to an activating group) is 1. The number of aliphatic hydroxyl groups excluding tert-OH is 4. The van der Waals surface area contributed by atoms with Crippen LogP contribution in [0.15, 0.2) is 158 Å². The summed E-state index contributed by atoms with van der Waals surface area (Å²) in [5, 5.41) is 48.6. The molecule has 11 rings (SSSR count). The molecule has 6 aromatic carbocycles. The van der Waals surface area contributed by atoms with E-state index in [1.54, 1.807) is 41.2 Å². The highest BCUT2D eigenvalue weighted by Gasteiger charge is 2.52. The van der Waals surface area contributed by atoms with Crippen molar-refractivity contribution in [3.05, 3.63) is 191 Å². The largest absolute Gasteiger partial charge is 0.497 e. The van der Waals surface area contributed by atoms with Gasteiger partial charge in [-0.1, -0.05) is 84.3 Å². The Kier molecular flexibility index (Phi) is 17.8. The first kappa shape index (κ1) is 55.6. The minimum absolute atomic E-state index is 0.00609. The zero-order valence-electron chi connectivity index (χ0n) is 45.5. The van der Waals surface area contributed by atoms with Crippen LogP contribution in [0.2, 0.25) is 0 Å². The topological polar surface area (TPSA) is 174 Å². The monoisotopic (exact) mass is 1080 g/mol. The van der Waals surface area contributed by atoms with Crippen LogP contribution in [-0.4, -0.2) is 179 Å². The molecule has 4 heterocycles. The Bertz CT molecular complexity index is 3140. The van der Waals surface area contributed by atoms with Crippen LogP contribution in [0.4, 0.5) is 21.0 Å².